The van der Waals surface area contributed by atoms with Crippen molar-refractivity contribution in [3.8, 4) is 0 Å². The zero-order chi connectivity index (χ0) is 16.2. The van der Waals surface area contributed by atoms with Crippen molar-refractivity contribution in [2.24, 2.45) is 5.92 Å². The Hall–Kier alpha value is -0.640. The molecule has 2 rings (SSSR count). The molecule has 0 saturated carbocycles. The maximum absolute atomic E-state index is 11.5. The predicted molar refractivity (Wildman–Crippen MR) is 87.0 cm³/mol. The Balaban J connectivity index is 1.97. The summed E-state index contributed by atoms with van der Waals surface area (Å²) < 4.78 is 31.0. The van der Waals surface area contributed by atoms with Gasteiger partial charge in [0.2, 0.25) is 15.9 Å². The average Bonchev–Trinajstić information content (AvgIpc) is 2.97. The molecule has 0 spiro atoms. The van der Waals surface area contributed by atoms with E-state index in [4.69, 9.17) is 4.52 Å². The quantitative estimate of drug-likeness (QED) is 0.752. The van der Waals surface area contributed by atoms with Crippen LogP contribution in [0.25, 0.3) is 0 Å². The van der Waals surface area contributed by atoms with Crippen molar-refractivity contribution < 1.29 is 12.9 Å². The van der Waals surface area contributed by atoms with E-state index in [0.717, 1.165) is 25.1 Å². The summed E-state index contributed by atoms with van der Waals surface area (Å²) in [4.78, 5) is 6.54. The predicted octanol–water partition coefficient (Wildman–Crippen LogP) is 1.08. The molecule has 0 aliphatic carbocycles. The lowest BCUT2D eigenvalue weighted by atomic mass is 9.99. The first-order valence-corrected chi connectivity index (χ1v) is 10.7. The maximum atomic E-state index is 11.5. The topological polar surface area (TPSA) is 88.3 Å². The van der Waals surface area contributed by atoms with Crippen molar-refractivity contribution in [1.82, 2.24) is 19.8 Å². The molecule has 9 heteroatoms. The van der Waals surface area contributed by atoms with Gasteiger partial charge >= 0.3 is 0 Å². The van der Waals surface area contributed by atoms with Crippen molar-refractivity contribution in [2.45, 2.75) is 38.1 Å². The molecule has 1 aliphatic heterocycles. The molecule has 2 heterocycles. The standard InChI is InChI=1S/C13H24N4O3S2/c1-4-5-10-6-17(7-11(10)16-22(3,18)19)8-13-14-12(9-21-2)15-20-13/h10-11,16H,4-9H2,1-3H3/t10-,11-/m1/s1. The van der Waals surface area contributed by atoms with Crippen LogP contribution in [0.5, 0.6) is 0 Å². The van der Waals surface area contributed by atoms with E-state index in [1.807, 2.05) is 6.26 Å². The highest BCUT2D eigenvalue weighted by molar-refractivity contribution is 7.97. The van der Waals surface area contributed by atoms with Gasteiger partial charge in [-0.05, 0) is 18.6 Å². The lowest BCUT2D eigenvalue weighted by Gasteiger charge is -2.17. The number of sulfonamides is 1. The van der Waals surface area contributed by atoms with Crippen molar-refractivity contribution in [2.75, 3.05) is 25.6 Å². The van der Waals surface area contributed by atoms with Crippen molar-refractivity contribution in [3.05, 3.63) is 11.7 Å². The van der Waals surface area contributed by atoms with E-state index in [9.17, 15) is 8.42 Å². The number of aromatic nitrogens is 2. The SMILES string of the molecule is CCC[C@@H]1CN(Cc2nc(CSC)no2)C[C@H]1NS(C)(=O)=O. The molecule has 1 aromatic rings. The molecule has 126 valence electrons. The van der Waals surface area contributed by atoms with Crippen LogP contribution >= 0.6 is 11.8 Å². The van der Waals surface area contributed by atoms with Crippen LogP contribution in [0.1, 0.15) is 31.5 Å². The Morgan fingerprint density at radius 1 is 1.45 bits per heavy atom. The monoisotopic (exact) mass is 348 g/mol. The molecule has 1 saturated heterocycles. The zero-order valence-electron chi connectivity index (χ0n) is 13.3. The Morgan fingerprint density at radius 3 is 2.86 bits per heavy atom. The fourth-order valence-electron chi connectivity index (χ4n) is 2.89. The molecule has 1 fully saturated rings. The molecule has 7 nitrogen and oxygen atoms in total. The van der Waals surface area contributed by atoms with E-state index >= 15 is 0 Å². The normalized spacial score (nSPS) is 23.2. The van der Waals surface area contributed by atoms with Crippen molar-refractivity contribution >= 4 is 21.8 Å². The summed E-state index contributed by atoms with van der Waals surface area (Å²) in [5.41, 5.74) is 0. The number of hydrogen-bond donors (Lipinski definition) is 1. The van der Waals surface area contributed by atoms with Gasteiger partial charge in [0.05, 0.1) is 18.6 Å². The van der Waals surface area contributed by atoms with Gasteiger partial charge in [-0.1, -0.05) is 18.5 Å². The van der Waals surface area contributed by atoms with Crippen LogP contribution in [0.3, 0.4) is 0 Å². The van der Waals surface area contributed by atoms with Gasteiger partial charge in [-0.3, -0.25) is 4.90 Å². The third-order valence-electron chi connectivity index (χ3n) is 3.68. The van der Waals surface area contributed by atoms with E-state index in [0.29, 0.717) is 30.7 Å². The summed E-state index contributed by atoms with van der Waals surface area (Å²) >= 11 is 1.65. The van der Waals surface area contributed by atoms with Gasteiger partial charge < -0.3 is 4.52 Å². The van der Waals surface area contributed by atoms with Gasteiger partial charge in [-0.15, -0.1) is 0 Å². The number of nitrogens with zero attached hydrogens (tertiary/aromatic N) is 3. The highest BCUT2D eigenvalue weighted by Gasteiger charge is 2.34. The number of likely N-dealkylation sites (tertiary alicyclic amines) is 1. The summed E-state index contributed by atoms with van der Waals surface area (Å²) in [7, 11) is -3.19. The fourth-order valence-corrected chi connectivity index (χ4v) is 4.09. The molecule has 1 aliphatic rings. The first-order chi connectivity index (χ1) is 10.4. The van der Waals surface area contributed by atoms with Gasteiger partial charge in [-0.25, -0.2) is 13.1 Å². The van der Waals surface area contributed by atoms with E-state index in [1.165, 1.54) is 6.26 Å². The van der Waals surface area contributed by atoms with Crippen LogP contribution < -0.4 is 4.72 Å². The second-order valence-electron chi connectivity index (χ2n) is 5.78. The number of thioether (sulfide) groups is 1. The Labute approximate surface area is 136 Å². The Kier molecular flexibility index (Phi) is 6.25. The molecule has 0 unspecified atom stereocenters. The molecule has 0 amide bonds. The minimum absolute atomic E-state index is 0.0384. The van der Waals surface area contributed by atoms with E-state index < -0.39 is 10.0 Å². The first-order valence-electron chi connectivity index (χ1n) is 7.41. The van der Waals surface area contributed by atoms with Crippen LogP contribution in [0.15, 0.2) is 4.52 Å². The average molecular weight is 348 g/mol. The van der Waals surface area contributed by atoms with Gasteiger partial charge in [0.15, 0.2) is 5.82 Å². The summed E-state index contributed by atoms with van der Waals surface area (Å²) in [6.07, 6.45) is 5.25. The highest BCUT2D eigenvalue weighted by Crippen LogP contribution is 2.23. The highest BCUT2D eigenvalue weighted by atomic mass is 32.2. The van der Waals surface area contributed by atoms with Crippen LogP contribution in [0.4, 0.5) is 0 Å². The van der Waals surface area contributed by atoms with Gasteiger partial charge in [-0.2, -0.15) is 16.7 Å². The second kappa shape index (κ2) is 7.76. The fraction of sp³-hybridized carbons (Fsp3) is 0.846. The number of hydrogen-bond acceptors (Lipinski definition) is 7. The molecule has 1 aromatic heterocycles. The number of nitrogens with one attached hydrogen (secondary N) is 1. The molecule has 2 atom stereocenters. The number of rotatable bonds is 8. The van der Waals surface area contributed by atoms with Crippen molar-refractivity contribution in [1.29, 1.82) is 0 Å². The molecular formula is C13H24N4O3S2. The second-order valence-corrected chi connectivity index (χ2v) is 8.42. The minimum atomic E-state index is -3.19. The lowest BCUT2D eigenvalue weighted by molar-refractivity contribution is 0.257. The molecule has 22 heavy (non-hydrogen) atoms. The first kappa shape index (κ1) is 17.7. The van der Waals surface area contributed by atoms with E-state index in [-0.39, 0.29) is 6.04 Å². The van der Waals surface area contributed by atoms with Crippen molar-refractivity contribution in [3.63, 3.8) is 0 Å². The van der Waals surface area contributed by atoms with Gasteiger partial charge in [0.1, 0.15) is 0 Å². The van der Waals surface area contributed by atoms with Crippen LogP contribution in [0, 0.1) is 5.92 Å². The minimum Gasteiger partial charge on any atom is -0.338 e. The molecule has 0 radical (unpaired) electrons. The molecular weight excluding hydrogens is 324 g/mol. The van der Waals surface area contributed by atoms with Gasteiger partial charge in [0.25, 0.3) is 0 Å². The molecule has 0 bridgehead atoms. The third-order valence-corrected chi connectivity index (χ3v) is 4.96. The van der Waals surface area contributed by atoms with Crippen LogP contribution in [-0.2, 0) is 22.3 Å². The maximum Gasteiger partial charge on any atom is 0.240 e. The smallest absolute Gasteiger partial charge is 0.240 e. The molecule has 0 aromatic carbocycles. The van der Waals surface area contributed by atoms with E-state index in [1.54, 1.807) is 11.8 Å². The summed E-state index contributed by atoms with van der Waals surface area (Å²) in [6, 6.07) is -0.0384. The summed E-state index contributed by atoms with van der Waals surface area (Å²) in [5.74, 6) is 2.37. The zero-order valence-corrected chi connectivity index (χ0v) is 14.9. The summed E-state index contributed by atoms with van der Waals surface area (Å²) in [5, 5.41) is 3.94. The van der Waals surface area contributed by atoms with E-state index in [2.05, 4.69) is 26.7 Å². The summed E-state index contributed by atoms with van der Waals surface area (Å²) in [6.45, 7) is 4.22. The Bertz CT molecular complexity index is 576. The van der Waals surface area contributed by atoms with Crippen LogP contribution in [0.2, 0.25) is 0 Å². The van der Waals surface area contributed by atoms with Crippen LogP contribution in [-0.4, -0.2) is 55.1 Å². The van der Waals surface area contributed by atoms with Gasteiger partial charge in [0, 0.05) is 19.1 Å². The Morgan fingerprint density at radius 2 is 2.23 bits per heavy atom. The molecule has 1 N–H and O–H groups in total. The third kappa shape index (κ3) is 5.22. The lowest BCUT2D eigenvalue weighted by Crippen LogP contribution is -2.39. The largest absolute Gasteiger partial charge is 0.338 e.